The zero-order valence-corrected chi connectivity index (χ0v) is 11.4. The highest BCUT2D eigenvalue weighted by Gasteiger charge is 2.21. The summed E-state index contributed by atoms with van der Waals surface area (Å²) >= 11 is 5.95. The fourth-order valence-corrected chi connectivity index (χ4v) is 2.50. The lowest BCUT2D eigenvalue weighted by atomic mass is 10.0. The minimum atomic E-state index is 0.260. The number of carbonyl (C=O) groups excluding carboxylic acids is 1. The SMILES string of the molecule is CCC(=O)N1CCC(Nc2cccc(Cl)c2)CC1. The first kappa shape index (κ1) is 13.2. The molecule has 4 heteroatoms. The first-order chi connectivity index (χ1) is 8.69. The van der Waals surface area contributed by atoms with Crippen molar-refractivity contribution in [2.24, 2.45) is 0 Å². The molecule has 1 heterocycles. The maximum Gasteiger partial charge on any atom is 0.222 e. The largest absolute Gasteiger partial charge is 0.382 e. The molecule has 0 aliphatic carbocycles. The molecule has 1 aromatic carbocycles. The maximum absolute atomic E-state index is 11.6. The zero-order valence-electron chi connectivity index (χ0n) is 10.7. The van der Waals surface area contributed by atoms with E-state index >= 15 is 0 Å². The van der Waals surface area contributed by atoms with E-state index in [1.165, 1.54) is 0 Å². The topological polar surface area (TPSA) is 32.3 Å². The monoisotopic (exact) mass is 266 g/mol. The van der Waals surface area contributed by atoms with Crippen molar-refractivity contribution in [2.45, 2.75) is 32.2 Å². The van der Waals surface area contributed by atoms with Gasteiger partial charge in [0.2, 0.25) is 5.91 Å². The van der Waals surface area contributed by atoms with Gasteiger partial charge in [-0.1, -0.05) is 24.6 Å². The lowest BCUT2D eigenvalue weighted by Gasteiger charge is -2.32. The summed E-state index contributed by atoms with van der Waals surface area (Å²) in [5.41, 5.74) is 1.06. The molecule has 0 unspecified atom stereocenters. The smallest absolute Gasteiger partial charge is 0.222 e. The van der Waals surface area contributed by atoms with Gasteiger partial charge in [-0.25, -0.2) is 0 Å². The van der Waals surface area contributed by atoms with Crippen LogP contribution in [0.3, 0.4) is 0 Å². The zero-order chi connectivity index (χ0) is 13.0. The summed E-state index contributed by atoms with van der Waals surface area (Å²) in [5, 5.41) is 4.23. The summed E-state index contributed by atoms with van der Waals surface area (Å²) in [6.45, 7) is 3.62. The van der Waals surface area contributed by atoms with Crippen LogP contribution < -0.4 is 5.32 Å². The first-order valence-corrected chi connectivity index (χ1v) is 6.86. The highest BCUT2D eigenvalue weighted by Crippen LogP contribution is 2.19. The Morgan fingerprint density at radius 2 is 2.17 bits per heavy atom. The van der Waals surface area contributed by atoms with Gasteiger partial charge in [0.1, 0.15) is 0 Å². The van der Waals surface area contributed by atoms with Gasteiger partial charge in [-0.2, -0.15) is 0 Å². The molecule has 1 aliphatic heterocycles. The Kier molecular flexibility index (Phi) is 4.48. The van der Waals surface area contributed by atoms with Crippen molar-refractivity contribution < 1.29 is 4.79 Å². The fraction of sp³-hybridized carbons (Fsp3) is 0.500. The molecule has 3 nitrogen and oxygen atoms in total. The first-order valence-electron chi connectivity index (χ1n) is 6.49. The Hall–Kier alpha value is -1.22. The molecule has 0 atom stereocenters. The third kappa shape index (κ3) is 3.39. The van der Waals surface area contributed by atoms with Gasteiger partial charge in [0, 0.05) is 36.3 Å². The molecule has 0 saturated carbocycles. The maximum atomic E-state index is 11.6. The quantitative estimate of drug-likeness (QED) is 0.912. The van der Waals surface area contributed by atoms with E-state index in [1.807, 2.05) is 36.1 Å². The van der Waals surface area contributed by atoms with Crippen molar-refractivity contribution in [3.05, 3.63) is 29.3 Å². The lowest BCUT2D eigenvalue weighted by Crippen LogP contribution is -2.42. The van der Waals surface area contributed by atoms with Gasteiger partial charge in [0.15, 0.2) is 0 Å². The number of anilines is 1. The van der Waals surface area contributed by atoms with Crippen LogP contribution in [0.1, 0.15) is 26.2 Å². The molecule has 0 radical (unpaired) electrons. The van der Waals surface area contributed by atoms with Crippen LogP contribution in [0.15, 0.2) is 24.3 Å². The van der Waals surface area contributed by atoms with E-state index < -0.39 is 0 Å². The van der Waals surface area contributed by atoms with Crippen LogP contribution >= 0.6 is 11.6 Å². The standard InChI is InChI=1S/C14H19ClN2O/c1-2-14(18)17-8-6-12(7-9-17)16-13-5-3-4-11(15)10-13/h3-5,10,12,16H,2,6-9H2,1H3. The third-order valence-electron chi connectivity index (χ3n) is 3.35. The van der Waals surface area contributed by atoms with Crippen molar-refractivity contribution in [3.8, 4) is 0 Å². The average molecular weight is 267 g/mol. The van der Waals surface area contributed by atoms with Crippen LogP contribution in [-0.2, 0) is 4.79 Å². The number of rotatable bonds is 3. The highest BCUT2D eigenvalue weighted by atomic mass is 35.5. The van der Waals surface area contributed by atoms with Crippen LogP contribution in [-0.4, -0.2) is 29.9 Å². The van der Waals surface area contributed by atoms with E-state index in [0.29, 0.717) is 12.5 Å². The molecular formula is C14H19ClN2O. The Bertz CT molecular complexity index is 414. The Morgan fingerprint density at radius 1 is 1.44 bits per heavy atom. The number of amides is 1. The summed E-state index contributed by atoms with van der Waals surface area (Å²) in [7, 11) is 0. The number of hydrogen-bond acceptors (Lipinski definition) is 2. The number of nitrogens with one attached hydrogen (secondary N) is 1. The summed E-state index contributed by atoms with van der Waals surface area (Å²) < 4.78 is 0. The Balaban J connectivity index is 1.85. The molecule has 1 N–H and O–H groups in total. The van der Waals surface area contributed by atoms with E-state index in [4.69, 9.17) is 11.6 Å². The molecule has 1 amide bonds. The molecule has 0 bridgehead atoms. The van der Waals surface area contributed by atoms with Crippen LogP contribution in [0, 0.1) is 0 Å². The number of piperidine rings is 1. The minimum absolute atomic E-state index is 0.260. The average Bonchev–Trinajstić information content (AvgIpc) is 2.39. The summed E-state index contributed by atoms with van der Waals surface area (Å²) in [4.78, 5) is 13.5. The second-order valence-electron chi connectivity index (χ2n) is 4.66. The number of hydrogen-bond donors (Lipinski definition) is 1. The van der Waals surface area contributed by atoms with Gasteiger partial charge in [0.25, 0.3) is 0 Å². The van der Waals surface area contributed by atoms with E-state index in [-0.39, 0.29) is 5.91 Å². The molecular weight excluding hydrogens is 248 g/mol. The summed E-state index contributed by atoms with van der Waals surface area (Å²) in [6, 6.07) is 8.21. The van der Waals surface area contributed by atoms with Crippen molar-refractivity contribution in [2.75, 3.05) is 18.4 Å². The molecule has 1 fully saturated rings. The number of likely N-dealkylation sites (tertiary alicyclic amines) is 1. The van der Waals surface area contributed by atoms with E-state index in [0.717, 1.165) is 36.6 Å². The van der Waals surface area contributed by atoms with E-state index in [1.54, 1.807) is 0 Å². The normalized spacial score (nSPS) is 16.7. The molecule has 2 rings (SSSR count). The summed E-state index contributed by atoms with van der Waals surface area (Å²) in [5.74, 6) is 0.260. The van der Waals surface area contributed by atoms with E-state index in [2.05, 4.69) is 5.32 Å². The van der Waals surface area contributed by atoms with Crippen molar-refractivity contribution in [3.63, 3.8) is 0 Å². The molecule has 98 valence electrons. The number of nitrogens with zero attached hydrogens (tertiary/aromatic N) is 1. The van der Waals surface area contributed by atoms with Gasteiger partial charge in [0.05, 0.1) is 0 Å². The Morgan fingerprint density at radius 3 is 2.78 bits per heavy atom. The number of halogens is 1. The fourth-order valence-electron chi connectivity index (χ4n) is 2.31. The van der Waals surface area contributed by atoms with E-state index in [9.17, 15) is 4.79 Å². The Labute approximate surface area is 113 Å². The van der Waals surface area contributed by atoms with Gasteiger partial charge in [-0.05, 0) is 31.0 Å². The van der Waals surface area contributed by atoms with Crippen LogP contribution in [0.25, 0.3) is 0 Å². The molecule has 1 aromatic rings. The molecule has 18 heavy (non-hydrogen) atoms. The minimum Gasteiger partial charge on any atom is -0.382 e. The highest BCUT2D eigenvalue weighted by molar-refractivity contribution is 6.30. The molecule has 1 aliphatic rings. The number of carbonyl (C=O) groups is 1. The van der Waals surface area contributed by atoms with Crippen LogP contribution in [0.5, 0.6) is 0 Å². The van der Waals surface area contributed by atoms with Gasteiger partial charge in [-0.15, -0.1) is 0 Å². The second-order valence-corrected chi connectivity index (χ2v) is 5.10. The van der Waals surface area contributed by atoms with Crippen LogP contribution in [0.4, 0.5) is 5.69 Å². The molecule has 0 spiro atoms. The second kappa shape index (κ2) is 6.10. The van der Waals surface area contributed by atoms with Crippen molar-refractivity contribution in [1.29, 1.82) is 0 Å². The molecule has 0 aromatic heterocycles. The van der Waals surface area contributed by atoms with Crippen LogP contribution in [0.2, 0.25) is 5.02 Å². The van der Waals surface area contributed by atoms with Gasteiger partial charge in [-0.3, -0.25) is 4.79 Å². The van der Waals surface area contributed by atoms with Gasteiger partial charge < -0.3 is 10.2 Å². The molecule has 1 saturated heterocycles. The lowest BCUT2D eigenvalue weighted by molar-refractivity contribution is -0.131. The predicted octanol–water partition coefficient (Wildman–Crippen LogP) is 3.15. The van der Waals surface area contributed by atoms with Crippen molar-refractivity contribution >= 4 is 23.2 Å². The number of benzene rings is 1. The summed E-state index contributed by atoms with van der Waals surface area (Å²) in [6.07, 6.45) is 2.60. The van der Waals surface area contributed by atoms with Crippen molar-refractivity contribution in [1.82, 2.24) is 4.90 Å². The van der Waals surface area contributed by atoms with Gasteiger partial charge >= 0.3 is 0 Å². The predicted molar refractivity (Wildman–Crippen MR) is 75.0 cm³/mol. The third-order valence-corrected chi connectivity index (χ3v) is 3.58.